The number of hydrogen-bond donors (Lipinski definition) is 2. The average molecular weight is 254 g/mol. The van der Waals surface area contributed by atoms with Crippen LogP contribution in [0.5, 0.6) is 0 Å². The van der Waals surface area contributed by atoms with Crippen LogP contribution in [0.1, 0.15) is 25.0 Å². The summed E-state index contributed by atoms with van der Waals surface area (Å²) in [6.07, 6.45) is 0.665. The highest BCUT2D eigenvalue weighted by Gasteiger charge is 2.13. The predicted octanol–water partition coefficient (Wildman–Crippen LogP) is 1.53. The van der Waals surface area contributed by atoms with Gasteiger partial charge in [0.25, 0.3) is 0 Å². The van der Waals surface area contributed by atoms with Crippen molar-refractivity contribution in [2.75, 3.05) is 13.7 Å². The number of ether oxygens (including phenoxy) is 1. The van der Waals surface area contributed by atoms with Crippen molar-refractivity contribution in [2.45, 2.75) is 26.9 Å². The minimum atomic E-state index is -0.193. The average Bonchev–Trinajstić information content (AvgIpc) is 2.39. The quantitative estimate of drug-likeness (QED) is 0.800. The van der Waals surface area contributed by atoms with E-state index in [1.165, 1.54) is 7.11 Å². The zero-order chi connectivity index (χ0) is 14.0. The van der Waals surface area contributed by atoms with Crippen molar-refractivity contribution < 1.29 is 19.7 Å². The van der Waals surface area contributed by atoms with Crippen LogP contribution in [-0.2, 0) is 22.6 Å². The van der Waals surface area contributed by atoms with Crippen molar-refractivity contribution in [1.82, 2.24) is 0 Å². The molecule has 0 bridgehead atoms. The van der Waals surface area contributed by atoms with Crippen LogP contribution in [0.25, 0.3) is 0 Å². The maximum atomic E-state index is 11.2. The first kappa shape index (κ1) is 16.6. The summed E-state index contributed by atoms with van der Waals surface area (Å²) in [4.78, 5) is 11.2. The smallest absolute Gasteiger partial charge is 0.308 e. The summed E-state index contributed by atoms with van der Waals surface area (Å²) in [5.41, 5.74) is 1.95. The molecule has 0 heterocycles. The third kappa shape index (κ3) is 6.37. The molecule has 1 unspecified atom stereocenters. The van der Waals surface area contributed by atoms with Gasteiger partial charge in [-0.05, 0) is 24.5 Å². The zero-order valence-electron chi connectivity index (χ0n) is 11.2. The Bertz CT molecular complexity index is 332. The first-order valence-corrected chi connectivity index (χ1v) is 5.96. The Labute approximate surface area is 108 Å². The van der Waals surface area contributed by atoms with E-state index in [-0.39, 0.29) is 25.1 Å². The predicted molar refractivity (Wildman–Crippen MR) is 70.0 cm³/mol. The second kappa shape index (κ2) is 9.62. The molecule has 0 aliphatic carbocycles. The van der Waals surface area contributed by atoms with Crippen LogP contribution in [0, 0.1) is 5.92 Å². The summed E-state index contributed by atoms with van der Waals surface area (Å²) in [6.45, 7) is 3.82. The van der Waals surface area contributed by atoms with Gasteiger partial charge in [-0.3, -0.25) is 4.79 Å². The van der Waals surface area contributed by atoms with Crippen LogP contribution in [0.4, 0.5) is 0 Å². The molecule has 0 amide bonds. The molecule has 102 valence electrons. The lowest BCUT2D eigenvalue weighted by Gasteiger charge is -2.09. The summed E-state index contributed by atoms with van der Waals surface area (Å²) in [5, 5.41) is 16.4. The molecular formula is C14H22O4. The van der Waals surface area contributed by atoms with Gasteiger partial charge in [-0.15, -0.1) is 0 Å². The van der Waals surface area contributed by atoms with Gasteiger partial charge >= 0.3 is 5.97 Å². The van der Waals surface area contributed by atoms with Gasteiger partial charge in [0, 0.05) is 6.61 Å². The Morgan fingerprint density at radius 3 is 2.06 bits per heavy atom. The van der Waals surface area contributed by atoms with Crippen LogP contribution in [0.3, 0.4) is 0 Å². The van der Waals surface area contributed by atoms with E-state index < -0.39 is 0 Å². The highest BCUT2D eigenvalue weighted by Crippen LogP contribution is 2.11. The topological polar surface area (TPSA) is 66.8 Å². The third-order valence-corrected chi connectivity index (χ3v) is 2.35. The van der Waals surface area contributed by atoms with Crippen molar-refractivity contribution in [1.29, 1.82) is 0 Å². The number of carbonyl (C=O) groups excluding carboxylic acids is 1. The first-order valence-electron chi connectivity index (χ1n) is 5.96. The van der Waals surface area contributed by atoms with E-state index in [2.05, 4.69) is 4.74 Å². The Morgan fingerprint density at radius 2 is 1.67 bits per heavy atom. The third-order valence-electron chi connectivity index (χ3n) is 2.35. The molecule has 0 saturated carbocycles. The first-order chi connectivity index (χ1) is 8.58. The molecule has 0 fully saturated rings. The van der Waals surface area contributed by atoms with E-state index in [1.54, 1.807) is 6.92 Å². The van der Waals surface area contributed by atoms with E-state index in [4.69, 9.17) is 10.2 Å². The van der Waals surface area contributed by atoms with E-state index in [0.29, 0.717) is 6.42 Å². The molecule has 4 nitrogen and oxygen atoms in total. The Balaban J connectivity index is 0.000000873. The van der Waals surface area contributed by atoms with Crippen LogP contribution < -0.4 is 0 Å². The zero-order valence-corrected chi connectivity index (χ0v) is 11.2. The highest BCUT2D eigenvalue weighted by molar-refractivity contribution is 5.72. The SMILES string of the molecule is CCO.COC(=O)C(C)Cc1ccc(CO)cc1. The van der Waals surface area contributed by atoms with Crippen LogP contribution in [0.2, 0.25) is 0 Å². The van der Waals surface area contributed by atoms with Crippen molar-refractivity contribution in [3.63, 3.8) is 0 Å². The van der Waals surface area contributed by atoms with Gasteiger partial charge < -0.3 is 14.9 Å². The highest BCUT2D eigenvalue weighted by atomic mass is 16.5. The fourth-order valence-corrected chi connectivity index (χ4v) is 1.42. The molecule has 1 rings (SSSR count). The Morgan fingerprint density at radius 1 is 1.22 bits per heavy atom. The molecule has 0 spiro atoms. The van der Waals surface area contributed by atoms with Crippen molar-refractivity contribution in [3.05, 3.63) is 35.4 Å². The summed E-state index contributed by atoms with van der Waals surface area (Å²) in [7, 11) is 1.40. The Kier molecular flexibility index (Phi) is 8.88. The number of hydrogen-bond acceptors (Lipinski definition) is 4. The molecule has 18 heavy (non-hydrogen) atoms. The van der Waals surface area contributed by atoms with E-state index in [1.807, 2.05) is 31.2 Å². The minimum Gasteiger partial charge on any atom is -0.469 e. The number of rotatable bonds is 4. The van der Waals surface area contributed by atoms with Crippen molar-refractivity contribution in [3.8, 4) is 0 Å². The van der Waals surface area contributed by atoms with Crippen molar-refractivity contribution >= 4 is 5.97 Å². The van der Waals surface area contributed by atoms with Crippen LogP contribution in [0.15, 0.2) is 24.3 Å². The summed E-state index contributed by atoms with van der Waals surface area (Å²) in [6, 6.07) is 7.56. The van der Waals surface area contributed by atoms with Gasteiger partial charge in [-0.25, -0.2) is 0 Å². The molecule has 1 aromatic carbocycles. The molecule has 0 aliphatic heterocycles. The Hall–Kier alpha value is -1.39. The second-order valence-corrected chi connectivity index (χ2v) is 3.92. The summed E-state index contributed by atoms with van der Waals surface area (Å²) >= 11 is 0. The van der Waals surface area contributed by atoms with Gasteiger partial charge in [0.05, 0.1) is 19.6 Å². The lowest BCUT2D eigenvalue weighted by atomic mass is 10.0. The van der Waals surface area contributed by atoms with Crippen molar-refractivity contribution in [2.24, 2.45) is 5.92 Å². The minimum absolute atomic E-state index is 0.0484. The van der Waals surface area contributed by atoms with Crippen LogP contribution in [-0.4, -0.2) is 29.9 Å². The van der Waals surface area contributed by atoms with E-state index in [9.17, 15) is 4.79 Å². The number of benzene rings is 1. The summed E-state index contributed by atoms with van der Waals surface area (Å²) < 4.78 is 4.65. The summed E-state index contributed by atoms with van der Waals surface area (Å²) in [5.74, 6) is -0.323. The molecular weight excluding hydrogens is 232 g/mol. The molecule has 1 aromatic rings. The van der Waals surface area contributed by atoms with E-state index in [0.717, 1.165) is 11.1 Å². The van der Waals surface area contributed by atoms with Gasteiger partial charge in [-0.2, -0.15) is 0 Å². The molecule has 0 aromatic heterocycles. The largest absolute Gasteiger partial charge is 0.469 e. The fraction of sp³-hybridized carbons (Fsp3) is 0.500. The van der Waals surface area contributed by atoms with Gasteiger partial charge in [0.1, 0.15) is 0 Å². The van der Waals surface area contributed by atoms with E-state index >= 15 is 0 Å². The lowest BCUT2D eigenvalue weighted by Crippen LogP contribution is -2.15. The number of carbonyl (C=O) groups is 1. The van der Waals surface area contributed by atoms with Gasteiger partial charge in [0.2, 0.25) is 0 Å². The molecule has 0 saturated heterocycles. The lowest BCUT2D eigenvalue weighted by molar-refractivity contribution is -0.144. The fourth-order valence-electron chi connectivity index (χ4n) is 1.42. The number of methoxy groups -OCH3 is 1. The maximum Gasteiger partial charge on any atom is 0.308 e. The molecule has 4 heteroatoms. The monoisotopic (exact) mass is 254 g/mol. The number of aliphatic hydroxyl groups excluding tert-OH is 2. The standard InChI is InChI=1S/C12H16O3.C2H6O/c1-9(12(14)15-2)7-10-3-5-11(8-13)6-4-10;1-2-3/h3-6,9,13H,7-8H2,1-2H3;3H,2H2,1H3. The maximum absolute atomic E-state index is 11.2. The molecule has 1 atom stereocenters. The van der Waals surface area contributed by atoms with Gasteiger partial charge in [0.15, 0.2) is 0 Å². The number of esters is 1. The molecule has 2 N–H and O–H groups in total. The second-order valence-electron chi connectivity index (χ2n) is 3.92. The van der Waals surface area contributed by atoms with Crippen LogP contribution >= 0.6 is 0 Å². The molecule has 0 radical (unpaired) electrons. The van der Waals surface area contributed by atoms with Gasteiger partial charge in [-0.1, -0.05) is 31.2 Å². The number of aliphatic hydroxyl groups is 2. The molecule has 0 aliphatic rings. The normalized spacial score (nSPS) is 11.2.